The summed E-state index contributed by atoms with van der Waals surface area (Å²) in [7, 11) is 0. The number of aliphatic hydroxyl groups is 1. The molecule has 0 saturated heterocycles. The first-order valence-corrected chi connectivity index (χ1v) is 12.4. The Kier molecular flexibility index (Phi) is 5.28. The third kappa shape index (κ3) is 3.46. The van der Waals surface area contributed by atoms with Gasteiger partial charge in [-0.2, -0.15) is 5.10 Å². The molecule has 1 amide bonds. The van der Waals surface area contributed by atoms with Crippen molar-refractivity contribution in [2.75, 3.05) is 0 Å². The predicted molar refractivity (Wildman–Crippen MR) is 124 cm³/mol. The Hall–Kier alpha value is -1.68. The van der Waals surface area contributed by atoms with Crippen LogP contribution < -0.4 is 5.43 Å². The van der Waals surface area contributed by atoms with Crippen molar-refractivity contribution in [3.63, 3.8) is 0 Å². The van der Waals surface area contributed by atoms with E-state index in [1.165, 1.54) is 44.2 Å². The van der Waals surface area contributed by atoms with Gasteiger partial charge in [0.15, 0.2) is 0 Å². The van der Waals surface area contributed by atoms with Gasteiger partial charge in [0.05, 0.1) is 6.10 Å². The van der Waals surface area contributed by atoms with E-state index >= 15 is 0 Å². The molecule has 0 aliphatic heterocycles. The van der Waals surface area contributed by atoms with Gasteiger partial charge >= 0.3 is 0 Å². The highest BCUT2D eigenvalue weighted by molar-refractivity contribution is 5.97. The number of rotatable bonds is 2. The molecule has 7 atom stereocenters. The first-order valence-electron chi connectivity index (χ1n) is 12.4. The van der Waals surface area contributed by atoms with Gasteiger partial charge in [0, 0.05) is 16.7 Å². The molecule has 4 aliphatic carbocycles. The molecule has 4 aliphatic rings. The summed E-state index contributed by atoms with van der Waals surface area (Å²) in [5.74, 6) is 2.84. The van der Waals surface area contributed by atoms with Crippen molar-refractivity contribution in [2.45, 2.75) is 84.7 Å². The van der Waals surface area contributed by atoms with Gasteiger partial charge in [0.25, 0.3) is 5.91 Å². The standard InChI is InChI=1S/C27H38N2O2/c1-17-5-4-6-18(15-17)25(31)29-28-24-10-9-22-21-8-7-19-16-20(30)11-13-26(19,2)23(21)12-14-27(22,24)3/h4-6,15,19-23,30H,7-14,16H2,1-3H3,(H,29,31)/b28-24-. The first kappa shape index (κ1) is 21.2. The summed E-state index contributed by atoms with van der Waals surface area (Å²) in [5, 5.41) is 15.0. The van der Waals surface area contributed by atoms with Gasteiger partial charge in [-0.1, -0.05) is 31.5 Å². The molecule has 4 fully saturated rings. The number of carbonyl (C=O) groups is 1. The highest BCUT2D eigenvalue weighted by Crippen LogP contribution is 2.65. The molecule has 1 aromatic rings. The molecule has 0 heterocycles. The molecule has 0 bridgehead atoms. The van der Waals surface area contributed by atoms with E-state index in [2.05, 4.69) is 19.3 Å². The minimum atomic E-state index is -0.106. The van der Waals surface area contributed by atoms with Crippen LogP contribution in [0.25, 0.3) is 0 Å². The Morgan fingerprint density at radius 3 is 2.74 bits per heavy atom. The first-order chi connectivity index (χ1) is 14.8. The number of carbonyl (C=O) groups excluding carboxylic acids is 1. The van der Waals surface area contributed by atoms with Crippen LogP contribution >= 0.6 is 0 Å². The van der Waals surface area contributed by atoms with Crippen molar-refractivity contribution in [2.24, 2.45) is 39.6 Å². The van der Waals surface area contributed by atoms with Crippen LogP contribution in [0.1, 0.15) is 87.6 Å². The normalized spacial score (nSPS) is 43.1. The molecule has 2 N–H and O–H groups in total. The quantitative estimate of drug-likeness (QED) is 0.620. The fraction of sp³-hybridized carbons (Fsp3) is 0.704. The fourth-order valence-electron chi connectivity index (χ4n) is 8.18. The van der Waals surface area contributed by atoms with Gasteiger partial charge in [-0.15, -0.1) is 0 Å². The van der Waals surface area contributed by atoms with Gasteiger partial charge in [-0.25, -0.2) is 5.43 Å². The molecule has 5 rings (SSSR count). The second kappa shape index (κ2) is 7.72. The molecule has 4 heteroatoms. The smallest absolute Gasteiger partial charge is 0.271 e. The van der Waals surface area contributed by atoms with E-state index in [9.17, 15) is 9.90 Å². The number of hydrogen-bond donors (Lipinski definition) is 2. The van der Waals surface area contributed by atoms with E-state index in [-0.39, 0.29) is 17.4 Å². The lowest BCUT2D eigenvalue weighted by atomic mass is 9.45. The highest BCUT2D eigenvalue weighted by Gasteiger charge is 2.59. The number of hydrogen-bond acceptors (Lipinski definition) is 3. The Morgan fingerprint density at radius 2 is 1.94 bits per heavy atom. The van der Waals surface area contributed by atoms with Crippen LogP contribution in [-0.2, 0) is 0 Å². The maximum absolute atomic E-state index is 12.6. The number of nitrogens with zero attached hydrogens (tertiary/aromatic N) is 1. The second-order valence-electron chi connectivity index (χ2n) is 11.4. The van der Waals surface area contributed by atoms with E-state index in [0.717, 1.165) is 36.7 Å². The molecule has 0 spiro atoms. The van der Waals surface area contributed by atoms with Crippen molar-refractivity contribution >= 4 is 11.6 Å². The lowest BCUT2D eigenvalue weighted by Gasteiger charge is -2.60. The van der Waals surface area contributed by atoms with E-state index < -0.39 is 0 Å². The van der Waals surface area contributed by atoms with Crippen molar-refractivity contribution in [1.82, 2.24) is 5.43 Å². The molecule has 4 nitrogen and oxygen atoms in total. The number of hydrazone groups is 1. The summed E-state index contributed by atoms with van der Waals surface area (Å²) in [6.07, 6.45) is 10.4. The average molecular weight is 423 g/mol. The number of nitrogens with one attached hydrogen (secondary N) is 1. The van der Waals surface area contributed by atoms with Crippen LogP contribution in [0, 0.1) is 41.4 Å². The zero-order valence-corrected chi connectivity index (χ0v) is 19.4. The minimum Gasteiger partial charge on any atom is -0.393 e. The summed E-state index contributed by atoms with van der Waals surface area (Å²) < 4.78 is 0. The second-order valence-corrected chi connectivity index (χ2v) is 11.4. The summed E-state index contributed by atoms with van der Waals surface area (Å²) >= 11 is 0. The largest absolute Gasteiger partial charge is 0.393 e. The van der Waals surface area contributed by atoms with E-state index in [0.29, 0.717) is 22.8 Å². The molecule has 168 valence electrons. The third-order valence-electron chi connectivity index (χ3n) is 9.95. The zero-order valence-electron chi connectivity index (χ0n) is 19.4. The number of amides is 1. The van der Waals surface area contributed by atoms with E-state index in [1.54, 1.807) is 0 Å². The van der Waals surface area contributed by atoms with Crippen LogP contribution in [0.4, 0.5) is 0 Å². The Bertz CT molecular complexity index is 895. The van der Waals surface area contributed by atoms with Crippen molar-refractivity contribution in [3.05, 3.63) is 35.4 Å². The number of aliphatic hydroxyl groups excluding tert-OH is 1. The zero-order chi connectivity index (χ0) is 21.8. The van der Waals surface area contributed by atoms with E-state index in [4.69, 9.17) is 5.10 Å². The molecule has 7 unspecified atom stereocenters. The van der Waals surface area contributed by atoms with Gasteiger partial charge in [-0.05, 0) is 106 Å². The minimum absolute atomic E-state index is 0.0780. The van der Waals surface area contributed by atoms with E-state index in [1.807, 2.05) is 31.2 Å². The van der Waals surface area contributed by atoms with Gasteiger partial charge < -0.3 is 5.11 Å². The molecule has 0 radical (unpaired) electrons. The monoisotopic (exact) mass is 422 g/mol. The Balaban J connectivity index is 1.33. The third-order valence-corrected chi connectivity index (χ3v) is 9.95. The lowest BCUT2D eigenvalue weighted by Crippen LogP contribution is -2.54. The number of benzene rings is 1. The number of fused-ring (bicyclic) bond motifs is 5. The van der Waals surface area contributed by atoms with Gasteiger partial charge in [-0.3, -0.25) is 4.79 Å². The van der Waals surface area contributed by atoms with Crippen molar-refractivity contribution < 1.29 is 9.90 Å². The van der Waals surface area contributed by atoms with Crippen molar-refractivity contribution in [1.29, 1.82) is 0 Å². The Morgan fingerprint density at radius 1 is 1.10 bits per heavy atom. The summed E-state index contributed by atoms with van der Waals surface area (Å²) in [4.78, 5) is 12.6. The Labute approximate surface area is 186 Å². The summed E-state index contributed by atoms with van der Waals surface area (Å²) in [5.41, 5.74) is 6.39. The molecular formula is C27H38N2O2. The maximum Gasteiger partial charge on any atom is 0.271 e. The molecule has 1 aromatic carbocycles. The summed E-state index contributed by atoms with van der Waals surface area (Å²) in [6.45, 7) is 6.96. The molecule has 4 saturated carbocycles. The van der Waals surface area contributed by atoms with Crippen LogP contribution in [0.15, 0.2) is 29.4 Å². The van der Waals surface area contributed by atoms with Crippen LogP contribution in [0.5, 0.6) is 0 Å². The molecule has 31 heavy (non-hydrogen) atoms. The van der Waals surface area contributed by atoms with Crippen LogP contribution in [0.3, 0.4) is 0 Å². The van der Waals surface area contributed by atoms with Gasteiger partial charge in [0.1, 0.15) is 0 Å². The van der Waals surface area contributed by atoms with Crippen LogP contribution in [0.2, 0.25) is 0 Å². The topological polar surface area (TPSA) is 61.7 Å². The highest BCUT2D eigenvalue weighted by atomic mass is 16.3. The summed E-state index contributed by atoms with van der Waals surface area (Å²) in [6, 6.07) is 7.70. The van der Waals surface area contributed by atoms with Crippen LogP contribution in [-0.4, -0.2) is 22.8 Å². The lowest BCUT2D eigenvalue weighted by molar-refractivity contribution is -0.113. The molecular weight excluding hydrogens is 384 g/mol. The fourth-order valence-corrected chi connectivity index (χ4v) is 8.18. The van der Waals surface area contributed by atoms with Gasteiger partial charge in [0.2, 0.25) is 0 Å². The predicted octanol–water partition coefficient (Wildman–Crippen LogP) is 5.48. The molecule has 0 aromatic heterocycles. The number of aryl methyl sites for hydroxylation is 1. The maximum atomic E-state index is 12.6. The SMILES string of the molecule is Cc1cccc(C(=O)N/N=C2/CCC3C4CCC5CC(O)CCC5(C)C4CCC23C)c1. The average Bonchev–Trinajstić information content (AvgIpc) is 3.09. The van der Waals surface area contributed by atoms with Crippen molar-refractivity contribution in [3.8, 4) is 0 Å².